The first-order chi connectivity index (χ1) is 8.72. The lowest BCUT2D eigenvalue weighted by atomic mass is 10.2. The standard InChI is InChI=1S/C11H13ClN2O4S/c1-14(2)13-19(17,18)10-5-3-8(7-9(10)12)4-6-11(15)16/h3-7,13H,1-2H3,(H,15,16)/b6-4+. The third-order valence-corrected chi connectivity index (χ3v) is 3.93. The molecule has 0 saturated heterocycles. The number of hydrogen-bond donors (Lipinski definition) is 2. The van der Waals surface area contributed by atoms with Crippen molar-refractivity contribution in [2.45, 2.75) is 4.90 Å². The number of benzene rings is 1. The van der Waals surface area contributed by atoms with Crippen LogP contribution in [0.15, 0.2) is 29.2 Å². The SMILES string of the molecule is CN(C)NS(=O)(=O)c1ccc(/C=C/C(=O)O)cc1Cl. The second-order valence-electron chi connectivity index (χ2n) is 3.85. The molecule has 0 radical (unpaired) electrons. The fraction of sp³-hybridized carbons (Fsp3) is 0.182. The molecule has 0 fully saturated rings. The van der Waals surface area contributed by atoms with Crippen LogP contribution in [0.1, 0.15) is 5.56 Å². The number of halogens is 1. The molecule has 2 N–H and O–H groups in total. The molecule has 104 valence electrons. The van der Waals surface area contributed by atoms with Crippen molar-refractivity contribution in [2.75, 3.05) is 14.1 Å². The number of nitrogens with one attached hydrogen (secondary N) is 1. The van der Waals surface area contributed by atoms with E-state index < -0.39 is 16.0 Å². The molecule has 0 spiro atoms. The summed E-state index contributed by atoms with van der Waals surface area (Å²) in [7, 11) is -0.660. The zero-order chi connectivity index (χ0) is 14.6. The Morgan fingerprint density at radius 1 is 1.42 bits per heavy atom. The zero-order valence-electron chi connectivity index (χ0n) is 10.3. The molecule has 1 aromatic carbocycles. The Hall–Kier alpha value is -1.41. The summed E-state index contributed by atoms with van der Waals surface area (Å²) in [6, 6.07) is 4.16. The van der Waals surface area contributed by atoms with Crippen molar-refractivity contribution in [3.63, 3.8) is 0 Å². The van der Waals surface area contributed by atoms with Gasteiger partial charge in [0.1, 0.15) is 4.90 Å². The summed E-state index contributed by atoms with van der Waals surface area (Å²) in [4.78, 5) is 12.6. The monoisotopic (exact) mass is 304 g/mol. The Balaban J connectivity index is 3.11. The lowest BCUT2D eigenvalue weighted by Gasteiger charge is -2.13. The molecule has 0 heterocycles. The lowest BCUT2D eigenvalue weighted by molar-refractivity contribution is -0.131. The topological polar surface area (TPSA) is 86.7 Å². The minimum Gasteiger partial charge on any atom is -0.478 e. The fourth-order valence-corrected chi connectivity index (χ4v) is 2.93. The van der Waals surface area contributed by atoms with E-state index in [1.165, 1.54) is 43.4 Å². The van der Waals surface area contributed by atoms with Gasteiger partial charge in [0.2, 0.25) is 0 Å². The smallest absolute Gasteiger partial charge is 0.328 e. The van der Waals surface area contributed by atoms with Crippen LogP contribution in [-0.4, -0.2) is 38.6 Å². The van der Waals surface area contributed by atoms with Crippen molar-refractivity contribution < 1.29 is 18.3 Å². The summed E-state index contributed by atoms with van der Waals surface area (Å²) in [5, 5.41) is 9.79. The van der Waals surface area contributed by atoms with Crippen LogP contribution < -0.4 is 4.83 Å². The maximum absolute atomic E-state index is 11.9. The van der Waals surface area contributed by atoms with Gasteiger partial charge >= 0.3 is 5.97 Å². The molecular weight excluding hydrogens is 292 g/mol. The van der Waals surface area contributed by atoms with Crippen LogP contribution in [0.3, 0.4) is 0 Å². The molecule has 8 heteroatoms. The number of hydrogen-bond acceptors (Lipinski definition) is 4. The summed E-state index contributed by atoms with van der Waals surface area (Å²) < 4.78 is 23.8. The van der Waals surface area contributed by atoms with E-state index in [0.717, 1.165) is 6.08 Å². The number of carboxylic acid groups (broad SMARTS) is 1. The highest BCUT2D eigenvalue weighted by Crippen LogP contribution is 2.23. The van der Waals surface area contributed by atoms with Gasteiger partial charge in [-0.25, -0.2) is 18.2 Å². The number of nitrogens with zero attached hydrogens (tertiary/aromatic N) is 1. The van der Waals surface area contributed by atoms with Crippen LogP contribution in [-0.2, 0) is 14.8 Å². The molecule has 0 atom stereocenters. The highest BCUT2D eigenvalue weighted by atomic mass is 35.5. The van der Waals surface area contributed by atoms with Crippen LogP contribution >= 0.6 is 11.6 Å². The third kappa shape index (κ3) is 4.64. The minimum absolute atomic E-state index is 0.0156. The molecule has 0 aromatic heterocycles. The van der Waals surface area contributed by atoms with E-state index in [1.54, 1.807) is 0 Å². The molecule has 1 aromatic rings. The van der Waals surface area contributed by atoms with Gasteiger partial charge in [-0.1, -0.05) is 17.7 Å². The summed E-state index contributed by atoms with van der Waals surface area (Å²) in [6.45, 7) is 0. The molecule has 1 rings (SSSR count). The van der Waals surface area contributed by atoms with Gasteiger partial charge in [-0.3, -0.25) is 0 Å². The molecule has 0 aliphatic rings. The molecule has 0 aliphatic carbocycles. The van der Waals surface area contributed by atoms with Gasteiger partial charge in [-0.2, -0.15) is 0 Å². The van der Waals surface area contributed by atoms with Crippen LogP contribution in [0, 0.1) is 0 Å². The number of sulfonamides is 1. The summed E-state index contributed by atoms with van der Waals surface area (Å²) in [5.41, 5.74) is 0.496. The van der Waals surface area contributed by atoms with E-state index in [0.29, 0.717) is 5.56 Å². The van der Waals surface area contributed by atoms with Crippen molar-refractivity contribution in [1.29, 1.82) is 0 Å². The molecule has 0 saturated carbocycles. The first-order valence-electron chi connectivity index (χ1n) is 5.13. The first-order valence-corrected chi connectivity index (χ1v) is 6.99. The summed E-state index contributed by atoms with van der Waals surface area (Å²) in [5.74, 6) is -1.10. The Kier molecular flexibility index (Phi) is 5.07. The van der Waals surface area contributed by atoms with Gasteiger partial charge in [0.05, 0.1) is 5.02 Å². The van der Waals surface area contributed by atoms with Gasteiger partial charge in [0, 0.05) is 20.2 Å². The summed E-state index contributed by atoms with van der Waals surface area (Å²) >= 11 is 5.89. The molecule has 0 bridgehead atoms. The van der Waals surface area contributed by atoms with E-state index in [2.05, 4.69) is 4.83 Å². The second-order valence-corrected chi connectivity index (χ2v) is 5.89. The predicted octanol–water partition coefficient (Wildman–Crippen LogP) is 1.19. The number of carbonyl (C=O) groups is 1. The highest BCUT2D eigenvalue weighted by Gasteiger charge is 2.18. The van der Waals surface area contributed by atoms with Gasteiger partial charge in [-0.05, 0) is 23.8 Å². The third-order valence-electron chi connectivity index (χ3n) is 1.97. The van der Waals surface area contributed by atoms with Crippen molar-refractivity contribution in [3.05, 3.63) is 34.9 Å². The first kappa shape index (κ1) is 15.6. The number of carboxylic acids is 1. The van der Waals surface area contributed by atoms with Crippen LogP contribution in [0.25, 0.3) is 6.08 Å². The molecule has 0 aliphatic heterocycles. The molecule has 0 amide bonds. The van der Waals surface area contributed by atoms with Crippen molar-refractivity contribution in [2.24, 2.45) is 0 Å². The number of aliphatic carboxylic acids is 1. The average molecular weight is 305 g/mol. The van der Waals surface area contributed by atoms with Gasteiger partial charge in [0.15, 0.2) is 0 Å². The summed E-state index contributed by atoms with van der Waals surface area (Å²) in [6.07, 6.45) is 2.27. The molecule has 19 heavy (non-hydrogen) atoms. The van der Waals surface area contributed by atoms with Gasteiger partial charge < -0.3 is 5.11 Å². The predicted molar refractivity (Wildman–Crippen MR) is 72.1 cm³/mol. The second kappa shape index (κ2) is 6.16. The van der Waals surface area contributed by atoms with Crippen LogP contribution in [0.4, 0.5) is 0 Å². The molecular formula is C11H13ClN2O4S. The highest BCUT2D eigenvalue weighted by molar-refractivity contribution is 7.89. The minimum atomic E-state index is -3.73. The van der Waals surface area contributed by atoms with Crippen molar-refractivity contribution in [1.82, 2.24) is 9.84 Å². The van der Waals surface area contributed by atoms with Crippen LogP contribution in [0.5, 0.6) is 0 Å². The van der Waals surface area contributed by atoms with E-state index >= 15 is 0 Å². The number of rotatable bonds is 5. The van der Waals surface area contributed by atoms with E-state index in [4.69, 9.17) is 16.7 Å². The van der Waals surface area contributed by atoms with E-state index in [9.17, 15) is 13.2 Å². The maximum atomic E-state index is 11.9. The Morgan fingerprint density at radius 3 is 2.53 bits per heavy atom. The normalized spacial score (nSPS) is 12.2. The average Bonchev–Trinajstić information content (AvgIpc) is 2.24. The van der Waals surface area contributed by atoms with Crippen molar-refractivity contribution >= 4 is 33.7 Å². The van der Waals surface area contributed by atoms with Crippen molar-refractivity contribution in [3.8, 4) is 0 Å². The Labute approximate surface area is 116 Å². The molecule has 6 nitrogen and oxygen atoms in total. The Morgan fingerprint density at radius 2 is 2.05 bits per heavy atom. The largest absolute Gasteiger partial charge is 0.478 e. The molecule has 0 unspecified atom stereocenters. The zero-order valence-corrected chi connectivity index (χ0v) is 11.9. The van der Waals surface area contributed by atoms with Gasteiger partial charge in [0.25, 0.3) is 10.0 Å². The Bertz CT molecular complexity index is 611. The quantitative estimate of drug-likeness (QED) is 0.630. The lowest BCUT2D eigenvalue weighted by Crippen LogP contribution is -2.36. The number of hydrazine groups is 1. The fourth-order valence-electron chi connectivity index (χ4n) is 1.30. The maximum Gasteiger partial charge on any atom is 0.328 e. The van der Waals surface area contributed by atoms with Crippen LogP contribution in [0.2, 0.25) is 5.02 Å². The van der Waals surface area contributed by atoms with E-state index in [1.807, 2.05) is 0 Å². The van der Waals surface area contributed by atoms with E-state index in [-0.39, 0.29) is 9.92 Å². The van der Waals surface area contributed by atoms with Gasteiger partial charge in [-0.15, -0.1) is 4.83 Å².